The third-order valence-corrected chi connectivity index (χ3v) is 3.34. The van der Waals surface area contributed by atoms with Crippen LogP contribution in [0.4, 0.5) is 0 Å². The molecular formula is C12H24N2O. The van der Waals surface area contributed by atoms with Crippen molar-refractivity contribution >= 4 is 5.91 Å². The average molecular weight is 212 g/mol. The highest BCUT2D eigenvalue weighted by molar-refractivity contribution is 5.79. The molecule has 0 N–H and O–H groups in total. The van der Waals surface area contributed by atoms with Crippen molar-refractivity contribution in [3.8, 4) is 0 Å². The van der Waals surface area contributed by atoms with Crippen LogP contribution < -0.4 is 0 Å². The molecule has 1 aliphatic heterocycles. The van der Waals surface area contributed by atoms with Gasteiger partial charge in [0, 0.05) is 25.7 Å². The highest BCUT2D eigenvalue weighted by Gasteiger charge is 2.25. The fourth-order valence-electron chi connectivity index (χ4n) is 1.95. The monoisotopic (exact) mass is 212 g/mol. The van der Waals surface area contributed by atoms with Crippen molar-refractivity contribution in [1.82, 2.24) is 9.80 Å². The summed E-state index contributed by atoms with van der Waals surface area (Å²) in [6, 6.07) is 0.544. The molecule has 0 aromatic rings. The zero-order chi connectivity index (χ0) is 11.3. The zero-order valence-corrected chi connectivity index (χ0v) is 10.3. The van der Waals surface area contributed by atoms with Crippen LogP contribution in [0.25, 0.3) is 0 Å². The average Bonchev–Trinajstić information content (AvgIpc) is 2.26. The van der Waals surface area contributed by atoms with Crippen molar-refractivity contribution in [3.05, 3.63) is 0 Å². The maximum Gasteiger partial charge on any atom is 0.236 e. The second-order valence-corrected chi connectivity index (χ2v) is 4.46. The summed E-state index contributed by atoms with van der Waals surface area (Å²) >= 11 is 0. The van der Waals surface area contributed by atoms with Gasteiger partial charge in [0.25, 0.3) is 0 Å². The van der Waals surface area contributed by atoms with Crippen LogP contribution in [0.3, 0.4) is 0 Å². The third kappa shape index (κ3) is 3.49. The van der Waals surface area contributed by atoms with Crippen LogP contribution in [-0.2, 0) is 4.79 Å². The summed E-state index contributed by atoms with van der Waals surface area (Å²) in [5, 5.41) is 0. The number of rotatable bonds is 5. The number of amides is 1. The van der Waals surface area contributed by atoms with Crippen molar-refractivity contribution in [2.75, 3.05) is 26.2 Å². The smallest absolute Gasteiger partial charge is 0.236 e. The lowest BCUT2D eigenvalue weighted by molar-refractivity contribution is -0.137. The van der Waals surface area contributed by atoms with E-state index in [0.29, 0.717) is 18.5 Å². The molecule has 88 valence electrons. The molecule has 1 rings (SSSR count). The van der Waals surface area contributed by atoms with Gasteiger partial charge in [-0.2, -0.15) is 0 Å². The number of unbranched alkanes of at least 4 members (excludes halogenated alkanes) is 1. The van der Waals surface area contributed by atoms with Crippen molar-refractivity contribution < 1.29 is 4.79 Å². The Hall–Kier alpha value is -0.570. The number of nitrogens with zero attached hydrogens (tertiary/aromatic N) is 2. The van der Waals surface area contributed by atoms with Gasteiger partial charge in [0.15, 0.2) is 0 Å². The molecule has 3 heteroatoms. The summed E-state index contributed by atoms with van der Waals surface area (Å²) in [7, 11) is 0. The molecule has 1 saturated heterocycles. The number of carbonyl (C=O) groups excluding carboxylic acids is 1. The molecule has 15 heavy (non-hydrogen) atoms. The summed E-state index contributed by atoms with van der Waals surface area (Å²) in [5.74, 6) is 0.315. The SMILES string of the molecule is CCCCN1CCN(C(C)CC)CC1=O. The van der Waals surface area contributed by atoms with E-state index in [4.69, 9.17) is 0 Å². The van der Waals surface area contributed by atoms with Gasteiger partial charge in [0.1, 0.15) is 0 Å². The predicted octanol–water partition coefficient (Wildman–Crippen LogP) is 1.73. The van der Waals surface area contributed by atoms with Crippen LogP contribution in [0.5, 0.6) is 0 Å². The van der Waals surface area contributed by atoms with Crippen LogP contribution in [0.2, 0.25) is 0 Å². The molecule has 3 nitrogen and oxygen atoms in total. The van der Waals surface area contributed by atoms with Crippen LogP contribution in [0, 0.1) is 0 Å². The molecular weight excluding hydrogens is 188 g/mol. The number of hydrogen-bond acceptors (Lipinski definition) is 2. The first-order valence-corrected chi connectivity index (χ1v) is 6.20. The zero-order valence-electron chi connectivity index (χ0n) is 10.3. The number of carbonyl (C=O) groups is 1. The minimum Gasteiger partial charge on any atom is -0.340 e. The molecule has 1 aliphatic rings. The van der Waals surface area contributed by atoms with Crippen molar-refractivity contribution in [3.63, 3.8) is 0 Å². The molecule has 1 unspecified atom stereocenters. The second-order valence-electron chi connectivity index (χ2n) is 4.46. The lowest BCUT2D eigenvalue weighted by Gasteiger charge is -2.37. The molecule has 0 radical (unpaired) electrons. The first-order chi connectivity index (χ1) is 7.19. The Labute approximate surface area is 93.4 Å². The first-order valence-electron chi connectivity index (χ1n) is 6.20. The van der Waals surface area contributed by atoms with E-state index in [-0.39, 0.29) is 0 Å². The molecule has 0 spiro atoms. The van der Waals surface area contributed by atoms with Gasteiger partial charge in [-0.1, -0.05) is 20.3 Å². The van der Waals surface area contributed by atoms with E-state index < -0.39 is 0 Å². The first kappa shape index (κ1) is 12.5. The molecule has 1 fully saturated rings. The maximum atomic E-state index is 11.8. The molecule has 0 aromatic heterocycles. The fourth-order valence-corrected chi connectivity index (χ4v) is 1.95. The van der Waals surface area contributed by atoms with E-state index in [1.54, 1.807) is 0 Å². The molecule has 0 aliphatic carbocycles. The van der Waals surface area contributed by atoms with E-state index in [2.05, 4.69) is 25.7 Å². The van der Waals surface area contributed by atoms with Gasteiger partial charge < -0.3 is 4.90 Å². The summed E-state index contributed by atoms with van der Waals surface area (Å²) in [6.07, 6.45) is 3.43. The lowest BCUT2D eigenvalue weighted by atomic mass is 10.2. The Bertz CT molecular complexity index is 206. The van der Waals surface area contributed by atoms with E-state index in [0.717, 1.165) is 32.5 Å². The Morgan fingerprint density at radius 1 is 1.33 bits per heavy atom. The van der Waals surface area contributed by atoms with Gasteiger partial charge in [-0.25, -0.2) is 0 Å². The highest BCUT2D eigenvalue weighted by atomic mass is 16.2. The van der Waals surface area contributed by atoms with Crippen molar-refractivity contribution in [2.24, 2.45) is 0 Å². The second kappa shape index (κ2) is 6.11. The minimum atomic E-state index is 0.315. The van der Waals surface area contributed by atoms with Crippen LogP contribution in [0.1, 0.15) is 40.0 Å². The number of piperazine rings is 1. The van der Waals surface area contributed by atoms with Gasteiger partial charge in [-0.3, -0.25) is 9.69 Å². The van der Waals surface area contributed by atoms with E-state index in [1.165, 1.54) is 6.42 Å². The molecule has 0 aromatic carbocycles. The molecule has 1 heterocycles. The topological polar surface area (TPSA) is 23.6 Å². The van der Waals surface area contributed by atoms with Crippen molar-refractivity contribution in [2.45, 2.75) is 46.1 Å². The van der Waals surface area contributed by atoms with Crippen LogP contribution in [-0.4, -0.2) is 47.9 Å². The Morgan fingerprint density at radius 3 is 2.60 bits per heavy atom. The normalized spacial score (nSPS) is 20.7. The number of hydrogen-bond donors (Lipinski definition) is 0. The molecule has 1 amide bonds. The Kier molecular flexibility index (Phi) is 5.09. The summed E-state index contributed by atoms with van der Waals surface area (Å²) < 4.78 is 0. The van der Waals surface area contributed by atoms with Gasteiger partial charge in [0.2, 0.25) is 5.91 Å². The Morgan fingerprint density at radius 2 is 2.07 bits per heavy atom. The van der Waals surface area contributed by atoms with Gasteiger partial charge in [0.05, 0.1) is 6.54 Å². The summed E-state index contributed by atoms with van der Waals surface area (Å²) in [5.41, 5.74) is 0. The van der Waals surface area contributed by atoms with Gasteiger partial charge in [-0.05, 0) is 19.8 Å². The fraction of sp³-hybridized carbons (Fsp3) is 0.917. The summed E-state index contributed by atoms with van der Waals surface area (Å²) in [4.78, 5) is 16.1. The van der Waals surface area contributed by atoms with E-state index >= 15 is 0 Å². The van der Waals surface area contributed by atoms with E-state index in [9.17, 15) is 4.79 Å². The molecule has 0 bridgehead atoms. The molecule has 1 atom stereocenters. The molecule has 0 saturated carbocycles. The van der Waals surface area contributed by atoms with Gasteiger partial charge in [-0.15, -0.1) is 0 Å². The lowest BCUT2D eigenvalue weighted by Crippen LogP contribution is -2.52. The Balaban J connectivity index is 2.37. The largest absolute Gasteiger partial charge is 0.340 e. The van der Waals surface area contributed by atoms with Crippen molar-refractivity contribution in [1.29, 1.82) is 0 Å². The predicted molar refractivity (Wildman–Crippen MR) is 62.8 cm³/mol. The van der Waals surface area contributed by atoms with Gasteiger partial charge >= 0.3 is 0 Å². The maximum absolute atomic E-state index is 11.8. The van der Waals surface area contributed by atoms with Crippen LogP contribution in [0.15, 0.2) is 0 Å². The quantitative estimate of drug-likeness (QED) is 0.693. The third-order valence-electron chi connectivity index (χ3n) is 3.34. The minimum absolute atomic E-state index is 0.315. The van der Waals surface area contributed by atoms with Crippen LogP contribution >= 0.6 is 0 Å². The highest BCUT2D eigenvalue weighted by Crippen LogP contribution is 2.10. The van der Waals surface area contributed by atoms with E-state index in [1.807, 2.05) is 4.90 Å². The summed E-state index contributed by atoms with van der Waals surface area (Å²) in [6.45, 7) is 10.1. The standard InChI is InChI=1S/C12H24N2O/c1-4-6-7-13-8-9-14(10-12(13)15)11(3)5-2/h11H,4-10H2,1-3H3.